The second-order valence-electron chi connectivity index (χ2n) is 3.18. The lowest BCUT2D eigenvalue weighted by molar-refractivity contribution is -0.137. The molecule has 4 heteroatoms. The fourth-order valence-corrected chi connectivity index (χ4v) is 2.12. The van der Waals surface area contributed by atoms with Crippen molar-refractivity contribution in [1.82, 2.24) is 0 Å². The second-order valence-corrected chi connectivity index (χ2v) is 4.21. The lowest BCUT2D eigenvalue weighted by Crippen LogP contribution is -2.06. The molecule has 0 aromatic heterocycles. The fourth-order valence-electron chi connectivity index (χ4n) is 1.21. The standard InChI is InChI=1S/C12H13NO2S/c1-15-12(14)9-16-8-11(7-13)10-5-3-2-4-6-10/h2-6,11H,8-9H2,1H3. The van der Waals surface area contributed by atoms with Gasteiger partial charge in [-0.3, -0.25) is 4.79 Å². The molecule has 0 fully saturated rings. The van der Waals surface area contributed by atoms with E-state index < -0.39 is 0 Å². The van der Waals surface area contributed by atoms with Crippen molar-refractivity contribution in [3.05, 3.63) is 35.9 Å². The zero-order valence-corrected chi connectivity index (χ0v) is 9.87. The van der Waals surface area contributed by atoms with Crippen LogP contribution in [0.1, 0.15) is 11.5 Å². The van der Waals surface area contributed by atoms with E-state index in [1.807, 2.05) is 30.3 Å². The molecule has 0 spiro atoms. The van der Waals surface area contributed by atoms with Gasteiger partial charge in [0.1, 0.15) is 0 Å². The lowest BCUT2D eigenvalue weighted by Gasteiger charge is -2.08. The highest BCUT2D eigenvalue weighted by Gasteiger charge is 2.11. The fraction of sp³-hybridized carbons (Fsp3) is 0.333. The van der Waals surface area contributed by atoms with E-state index >= 15 is 0 Å². The maximum Gasteiger partial charge on any atom is 0.315 e. The molecule has 0 saturated carbocycles. The third-order valence-electron chi connectivity index (χ3n) is 2.09. The normalized spacial score (nSPS) is 11.5. The van der Waals surface area contributed by atoms with Crippen molar-refractivity contribution < 1.29 is 9.53 Å². The molecule has 1 atom stereocenters. The van der Waals surface area contributed by atoms with Gasteiger partial charge < -0.3 is 4.74 Å². The molecule has 0 bridgehead atoms. The smallest absolute Gasteiger partial charge is 0.315 e. The first-order valence-corrected chi connectivity index (χ1v) is 6.02. The van der Waals surface area contributed by atoms with Gasteiger partial charge in [-0.05, 0) is 5.56 Å². The summed E-state index contributed by atoms with van der Waals surface area (Å²) >= 11 is 1.42. The molecule has 0 N–H and O–H groups in total. The van der Waals surface area contributed by atoms with Crippen LogP contribution in [0.4, 0.5) is 0 Å². The summed E-state index contributed by atoms with van der Waals surface area (Å²) in [6.07, 6.45) is 0. The van der Waals surface area contributed by atoms with Gasteiger partial charge in [0.05, 0.1) is 24.8 Å². The molecule has 16 heavy (non-hydrogen) atoms. The van der Waals surface area contributed by atoms with E-state index in [1.165, 1.54) is 18.9 Å². The Morgan fingerprint density at radius 1 is 1.50 bits per heavy atom. The van der Waals surface area contributed by atoms with Crippen LogP contribution in [0.15, 0.2) is 30.3 Å². The lowest BCUT2D eigenvalue weighted by atomic mass is 10.0. The van der Waals surface area contributed by atoms with Crippen molar-refractivity contribution >= 4 is 17.7 Å². The van der Waals surface area contributed by atoms with Crippen LogP contribution in [0.25, 0.3) is 0 Å². The molecule has 0 aliphatic heterocycles. The van der Waals surface area contributed by atoms with Crippen LogP contribution < -0.4 is 0 Å². The predicted molar refractivity (Wildman–Crippen MR) is 64.1 cm³/mol. The van der Waals surface area contributed by atoms with Crippen molar-refractivity contribution in [3.63, 3.8) is 0 Å². The molecule has 0 heterocycles. The summed E-state index contributed by atoms with van der Waals surface area (Å²) in [6, 6.07) is 11.8. The minimum absolute atomic E-state index is 0.171. The average Bonchev–Trinajstić information content (AvgIpc) is 2.35. The molecule has 0 aliphatic rings. The Bertz CT molecular complexity index is 372. The maximum atomic E-state index is 10.9. The number of methoxy groups -OCH3 is 1. The van der Waals surface area contributed by atoms with Gasteiger partial charge in [-0.25, -0.2) is 0 Å². The summed E-state index contributed by atoms with van der Waals surface area (Å²) in [7, 11) is 1.36. The van der Waals surface area contributed by atoms with E-state index in [1.54, 1.807) is 0 Å². The summed E-state index contributed by atoms with van der Waals surface area (Å²) in [5.41, 5.74) is 0.988. The van der Waals surface area contributed by atoms with E-state index in [0.29, 0.717) is 11.5 Å². The first kappa shape index (κ1) is 12.6. The SMILES string of the molecule is COC(=O)CSCC(C#N)c1ccccc1. The Labute approximate surface area is 99.4 Å². The third kappa shape index (κ3) is 3.95. The topological polar surface area (TPSA) is 50.1 Å². The van der Waals surface area contributed by atoms with E-state index in [0.717, 1.165) is 5.56 Å². The predicted octanol–water partition coefficient (Wildman–Crippen LogP) is 2.20. The van der Waals surface area contributed by atoms with Gasteiger partial charge in [0, 0.05) is 5.75 Å². The van der Waals surface area contributed by atoms with Crippen molar-refractivity contribution in [3.8, 4) is 6.07 Å². The average molecular weight is 235 g/mol. The number of carbonyl (C=O) groups excluding carboxylic acids is 1. The van der Waals surface area contributed by atoms with Crippen molar-refractivity contribution in [2.45, 2.75) is 5.92 Å². The van der Waals surface area contributed by atoms with Crippen LogP contribution in [-0.2, 0) is 9.53 Å². The number of nitrogens with zero attached hydrogens (tertiary/aromatic N) is 1. The Kier molecular flexibility index (Phi) is 5.44. The number of benzene rings is 1. The maximum absolute atomic E-state index is 10.9. The van der Waals surface area contributed by atoms with E-state index in [-0.39, 0.29) is 11.9 Å². The van der Waals surface area contributed by atoms with Gasteiger partial charge in [0.15, 0.2) is 0 Å². The van der Waals surface area contributed by atoms with E-state index in [4.69, 9.17) is 5.26 Å². The molecule has 0 saturated heterocycles. The summed E-state index contributed by atoms with van der Waals surface area (Å²) < 4.78 is 4.53. The van der Waals surface area contributed by atoms with Gasteiger partial charge in [-0.15, -0.1) is 11.8 Å². The minimum atomic E-state index is -0.255. The van der Waals surface area contributed by atoms with Crippen molar-refractivity contribution in [2.75, 3.05) is 18.6 Å². The van der Waals surface area contributed by atoms with Crippen LogP contribution in [0, 0.1) is 11.3 Å². The van der Waals surface area contributed by atoms with Gasteiger partial charge in [0.25, 0.3) is 0 Å². The zero-order chi connectivity index (χ0) is 11.8. The highest BCUT2D eigenvalue weighted by atomic mass is 32.2. The summed E-state index contributed by atoms with van der Waals surface area (Å²) in [6.45, 7) is 0. The molecule has 3 nitrogen and oxygen atoms in total. The number of ether oxygens (including phenoxy) is 1. The molecule has 0 aliphatic carbocycles. The minimum Gasteiger partial charge on any atom is -0.468 e. The first-order chi connectivity index (χ1) is 7.77. The van der Waals surface area contributed by atoms with Crippen LogP contribution in [0.2, 0.25) is 0 Å². The molecular weight excluding hydrogens is 222 g/mol. The number of nitriles is 1. The van der Waals surface area contributed by atoms with E-state index in [2.05, 4.69) is 10.8 Å². The van der Waals surface area contributed by atoms with Crippen LogP contribution in [-0.4, -0.2) is 24.6 Å². The second kappa shape index (κ2) is 6.91. The molecule has 0 radical (unpaired) electrons. The molecule has 0 amide bonds. The number of hydrogen-bond acceptors (Lipinski definition) is 4. The first-order valence-electron chi connectivity index (χ1n) is 4.87. The molecular formula is C12H13NO2S. The number of hydrogen-bond donors (Lipinski definition) is 0. The monoisotopic (exact) mass is 235 g/mol. The Morgan fingerprint density at radius 2 is 2.19 bits per heavy atom. The Balaban J connectivity index is 2.45. The highest BCUT2D eigenvalue weighted by molar-refractivity contribution is 7.99. The molecule has 1 aromatic carbocycles. The largest absolute Gasteiger partial charge is 0.468 e. The van der Waals surface area contributed by atoms with Gasteiger partial charge in [0.2, 0.25) is 0 Å². The zero-order valence-electron chi connectivity index (χ0n) is 9.05. The number of esters is 1. The van der Waals surface area contributed by atoms with Crippen LogP contribution in [0.3, 0.4) is 0 Å². The van der Waals surface area contributed by atoms with Crippen molar-refractivity contribution in [2.24, 2.45) is 0 Å². The number of thioether (sulfide) groups is 1. The van der Waals surface area contributed by atoms with Gasteiger partial charge >= 0.3 is 5.97 Å². The molecule has 1 rings (SSSR count). The van der Waals surface area contributed by atoms with Crippen molar-refractivity contribution in [1.29, 1.82) is 5.26 Å². The van der Waals surface area contributed by atoms with E-state index in [9.17, 15) is 4.79 Å². The van der Waals surface area contributed by atoms with Crippen LogP contribution in [0.5, 0.6) is 0 Å². The van der Waals surface area contributed by atoms with Gasteiger partial charge in [-0.2, -0.15) is 5.26 Å². The van der Waals surface area contributed by atoms with Gasteiger partial charge in [-0.1, -0.05) is 30.3 Å². The summed E-state index contributed by atoms with van der Waals surface area (Å²) in [5, 5.41) is 9.02. The molecule has 1 unspecified atom stereocenters. The highest BCUT2D eigenvalue weighted by Crippen LogP contribution is 2.19. The summed E-state index contributed by atoms with van der Waals surface area (Å²) in [5.74, 6) is 0.475. The molecule has 1 aromatic rings. The third-order valence-corrected chi connectivity index (χ3v) is 3.10. The number of rotatable bonds is 5. The Hall–Kier alpha value is -1.47. The van der Waals surface area contributed by atoms with Crippen LogP contribution >= 0.6 is 11.8 Å². The quantitative estimate of drug-likeness (QED) is 0.734. The summed E-state index contributed by atoms with van der Waals surface area (Å²) in [4.78, 5) is 10.9. The Morgan fingerprint density at radius 3 is 2.75 bits per heavy atom. The molecule has 84 valence electrons. The number of carbonyl (C=O) groups is 1.